The molecule has 6 heteroatoms. The molecule has 6 nitrogen and oxygen atoms in total. The zero-order valence-corrected chi connectivity index (χ0v) is 11.7. The molecular formula is C15H17N5O. The average Bonchev–Trinajstić information content (AvgIpc) is 3.08. The normalized spacial score (nSPS) is 14.2. The summed E-state index contributed by atoms with van der Waals surface area (Å²) in [5.74, 6) is 0.516. The molecule has 1 amide bonds. The fourth-order valence-corrected chi connectivity index (χ4v) is 2.29. The van der Waals surface area contributed by atoms with Crippen LogP contribution in [0.15, 0.2) is 36.8 Å². The monoisotopic (exact) mass is 283 g/mol. The zero-order valence-electron chi connectivity index (χ0n) is 11.7. The second-order valence-electron chi connectivity index (χ2n) is 4.97. The molecule has 0 aromatic carbocycles. The standard InChI is InChI=1S/C15H17N5O/c21-14(17-11-13-5-1-2-6-16-13)12-9-18-15(19-10-12)20-7-3-4-8-20/h1-2,5-6,9-10H,3-4,7-8,11H2,(H,17,21). The van der Waals surface area contributed by atoms with Crippen molar-refractivity contribution in [1.82, 2.24) is 20.3 Å². The summed E-state index contributed by atoms with van der Waals surface area (Å²) < 4.78 is 0. The number of pyridine rings is 1. The van der Waals surface area contributed by atoms with Gasteiger partial charge in [-0.2, -0.15) is 0 Å². The first-order valence-corrected chi connectivity index (χ1v) is 7.08. The van der Waals surface area contributed by atoms with Crippen LogP contribution in [-0.2, 0) is 6.54 Å². The van der Waals surface area contributed by atoms with E-state index in [1.165, 1.54) is 12.8 Å². The van der Waals surface area contributed by atoms with Crippen LogP contribution < -0.4 is 10.2 Å². The minimum atomic E-state index is -0.186. The molecule has 0 atom stereocenters. The first-order chi connectivity index (χ1) is 10.3. The number of hydrogen-bond donors (Lipinski definition) is 1. The Bertz CT molecular complexity index is 593. The van der Waals surface area contributed by atoms with Gasteiger partial charge in [0.05, 0.1) is 17.8 Å². The maximum absolute atomic E-state index is 12.0. The van der Waals surface area contributed by atoms with Crippen LogP contribution in [0.5, 0.6) is 0 Å². The largest absolute Gasteiger partial charge is 0.346 e. The molecule has 1 fully saturated rings. The van der Waals surface area contributed by atoms with Crippen LogP contribution in [0, 0.1) is 0 Å². The molecule has 21 heavy (non-hydrogen) atoms. The number of nitrogens with one attached hydrogen (secondary N) is 1. The molecule has 1 saturated heterocycles. The molecule has 3 heterocycles. The van der Waals surface area contributed by atoms with Gasteiger partial charge in [0, 0.05) is 31.7 Å². The Morgan fingerprint density at radius 1 is 1.14 bits per heavy atom. The molecule has 2 aromatic rings. The minimum Gasteiger partial charge on any atom is -0.346 e. The summed E-state index contributed by atoms with van der Waals surface area (Å²) >= 11 is 0. The van der Waals surface area contributed by atoms with E-state index in [9.17, 15) is 4.79 Å². The van der Waals surface area contributed by atoms with E-state index in [0.29, 0.717) is 18.1 Å². The van der Waals surface area contributed by atoms with Gasteiger partial charge in [-0.05, 0) is 25.0 Å². The molecule has 0 aliphatic carbocycles. The van der Waals surface area contributed by atoms with Crippen molar-refractivity contribution in [2.24, 2.45) is 0 Å². The van der Waals surface area contributed by atoms with Gasteiger partial charge in [-0.25, -0.2) is 9.97 Å². The highest BCUT2D eigenvalue weighted by molar-refractivity contribution is 5.93. The third-order valence-electron chi connectivity index (χ3n) is 3.45. The highest BCUT2D eigenvalue weighted by Gasteiger charge is 2.15. The Kier molecular flexibility index (Phi) is 4.04. The van der Waals surface area contributed by atoms with Crippen molar-refractivity contribution in [3.63, 3.8) is 0 Å². The lowest BCUT2D eigenvalue weighted by Gasteiger charge is -2.14. The number of nitrogens with zero attached hydrogens (tertiary/aromatic N) is 4. The lowest BCUT2D eigenvalue weighted by atomic mass is 10.3. The maximum atomic E-state index is 12.0. The summed E-state index contributed by atoms with van der Waals surface area (Å²) in [7, 11) is 0. The van der Waals surface area contributed by atoms with Crippen LogP contribution in [-0.4, -0.2) is 33.9 Å². The molecule has 0 spiro atoms. The third kappa shape index (κ3) is 3.34. The first-order valence-electron chi connectivity index (χ1n) is 7.08. The number of amides is 1. The van der Waals surface area contributed by atoms with E-state index in [1.807, 2.05) is 18.2 Å². The number of anilines is 1. The van der Waals surface area contributed by atoms with Crippen LogP contribution in [0.1, 0.15) is 28.9 Å². The molecule has 108 valence electrons. The summed E-state index contributed by atoms with van der Waals surface area (Å²) in [5.41, 5.74) is 1.29. The SMILES string of the molecule is O=C(NCc1ccccn1)c1cnc(N2CCCC2)nc1. The van der Waals surface area contributed by atoms with Crippen molar-refractivity contribution in [2.45, 2.75) is 19.4 Å². The van der Waals surface area contributed by atoms with Crippen LogP contribution in [0.4, 0.5) is 5.95 Å². The topological polar surface area (TPSA) is 71.0 Å². The van der Waals surface area contributed by atoms with Crippen LogP contribution >= 0.6 is 0 Å². The molecule has 1 aliphatic rings. The van der Waals surface area contributed by atoms with E-state index in [2.05, 4.69) is 25.2 Å². The number of carbonyl (C=O) groups excluding carboxylic acids is 1. The smallest absolute Gasteiger partial charge is 0.254 e. The number of carbonyl (C=O) groups is 1. The van der Waals surface area contributed by atoms with Gasteiger partial charge in [-0.15, -0.1) is 0 Å². The average molecular weight is 283 g/mol. The van der Waals surface area contributed by atoms with Gasteiger partial charge >= 0.3 is 0 Å². The summed E-state index contributed by atoms with van der Waals surface area (Å²) in [6.07, 6.45) is 7.21. The summed E-state index contributed by atoms with van der Waals surface area (Å²) in [5, 5.41) is 2.81. The van der Waals surface area contributed by atoms with Crippen molar-refractivity contribution in [2.75, 3.05) is 18.0 Å². The van der Waals surface area contributed by atoms with Crippen LogP contribution in [0.2, 0.25) is 0 Å². The Morgan fingerprint density at radius 3 is 2.57 bits per heavy atom. The second-order valence-corrected chi connectivity index (χ2v) is 4.97. The van der Waals surface area contributed by atoms with Gasteiger partial charge in [0.1, 0.15) is 0 Å². The molecule has 1 aliphatic heterocycles. The first kappa shape index (κ1) is 13.5. The van der Waals surface area contributed by atoms with E-state index in [4.69, 9.17) is 0 Å². The van der Waals surface area contributed by atoms with Crippen molar-refractivity contribution in [3.8, 4) is 0 Å². The molecular weight excluding hydrogens is 266 g/mol. The van der Waals surface area contributed by atoms with Crippen molar-refractivity contribution >= 4 is 11.9 Å². The summed E-state index contributed by atoms with van der Waals surface area (Å²) in [6.45, 7) is 2.38. The molecule has 0 saturated carbocycles. The number of rotatable bonds is 4. The molecule has 0 bridgehead atoms. The number of aromatic nitrogens is 3. The van der Waals surface area contributed by atoms with Crippen molar-refractivity contribution in [3.05, 3.63) is 48.0 Å². The van der Waals surface area contributed by atoms with Gasteiger partial charge in [0.2, 0.25) is 5.95 Å². The predicted molar refractivity (Wildman–Crippen MR) is 78.9 cm³/mol. The molecule has 1 N–H and O–H groups in total. The van der Waals surface area contributed by atoms with Gasteiger partial charge in [-0.1, -0.05) is 6.07 Å². The lowest BCUT2D eigenvalue weighted by molar-refractivity contribution is 0.0949. The van der Waals surface area contributed by atoms with E-state index in [1.54, 1.807) is 18.6 Å². The molecule has 2 aromatic heterocycles. The third-order valence-corrected chi connectivity index (χ3v) is 3.45. The van der Waals surface area contributed by atoms with E-state index >= 15 is 0 Å². The van der Waals surface area contributed by atoms with E-state index < -0.39 is 0 Å². The highest BCUT2D eigenvalue weighted by atomic mass is 16.1. The Morgan fingerprint density at radius 2 is 1.90 bits per heavy atom. The minimum absolute atomic E-state index is 0.186. The van der Waals surface area contributed by atoms with Crippen molar-refractivity contribution in [1.29, 1.82) is 0 Å². The summed E-state index contributed by atoms with van der Waals surface area (Å²) in [4.78, 5) is 26.9. The lowest BCUT2D eigenvalue weighted by Crippen LogP contribution is -2.25. The number of hydrogen-bond acceptors (Lipinski definition) is 5. The fourth-order valence-electron chi connectivity index (χ4n) is 2.29. The van der Waals surface area contributed by atoms with Crippen molar-refractivity contribution < 1.29 is 4.79 Å². The zero-order chi connectivity index (χ0) is 14.5. The van der Waals surface area contributed by atoms with Crippen LogP contribution in [0.25, 0.3) is 0 Å². The molecule has 0 unspecified atom stereocenters. The quantitative estimate of drug-likeness (QED) is 0.918. The van der Waals surface area contributed by atoms with Gasteiger partial charge in [0.25, 0.3) is 5.91 Å². The van der Waals surface area contributed by atoms with E-state index in [-0.39, 0.29) is 5.91 Å². The van der Waals surface area contributed by atoms with Crippen LogP contribution in [0.3, 0.4) is 0 Å². The maximum Gasteiger partial charge on any atom is 0.254 e. The highest BCUT2D eigenvalue weighted by Crippen LogP contribution is 2.14. The Balaban J connectivity index is 1.59. The van der Waals surface area contributed by atoms with Gasteiger partial charge < -0.3 is 10.2 Å². The predicted octanol–water partition coefficient (Wildman–Crippen LogP) is 1.40. The Labute approximate surface area is 123 Å². The summed E-state index contributed by atoms with van der Waals surface area (Å²) in [6, 6.07) is 5.60. The molecule has 0 radical (unpaired) electrons. The second kappa shape index (κ2) is 6.30. The van der Waals surface area contributed by atoms with Gasteiger partial charge in [0.15, 0.2) is 0 Å². The fraction of sp³-hybridized carbons (Fsp3) is 0.333. The van der Waals surface area contributed by atoms with Gasteiger partial charge in [-0.3, -0.25) is 9.78 Å². The Hall–Kier alpha value is -2.50. The van der Waals surface area contributed by atoms with E-state index in [0.717, 1.165) is 18.8 Å². The molecule has 3 rings (SSSR count).